The number of hydrogen-bond donors (Lipinski definition) is 1. The molecule has 0 spiro atoms. The highest BCUT2D eigenvalue weighted by atomic mass is 19.4. The Bertz CT molecular complexity index is 973. The fourth-order valence-electron chi connectivity index (χ4n) is 3.38. The minimum absolute atomic E-state index is 0.0659. The molecule has 0 bridgehead atoms. The van der Waals surface area contributed by atoms with E-state index in [2.05, 4.69) is 5.32 Å². The van der Waals surface area contributed by atoms with Crippen molar-refractivity contribution in [1.82, 2.24) is 5.32 Å². The van der Waals surface area contributed by atoms with Crippen molar-refractivity contribution in [3.8, 4) is 5.75 Å². The molecule has 0 radical (unpaired) electrons. The average Bonchev–Trinajstić information content (AvgIpc) is 2.75. The standard InChI is InChI=1S/C22H22F4N2O3/c1-3-14(4-2)27-20(29)19-12-28(17-7-5-6-8-18(17)31-19)21(30)13-9-10-16(23)15(11-13)22(24,25)26/h5-11,14,19H,3-4,12H2,1-2H3,(H,27,29). The molecule has 5 nitrogen and oxygen atoms in total. The number of rotatable bonds is 5. The van der Waals surface area contributed by atoms with Gasteiger partial charge in [0.25, 0.3) is 11.8 Å². The summed E-state index contributed by atoms with van der Waals surface area (Å²) >= 11 is 0. The number of nitrogens with one attached hydrogen (secondary N) is 1. The Morgan fingerprint density at radius 2 is 1.84 bits per heavy atom. The highest BCUT2D eigenvalue weighted by molar-refractivity contribution is 6.08. The molecule has 2 amide bonds. The van der Waals surface area contributed by atoms with Gasteiger partial charge >= 0.3 is 6.18 Å². The molecule has 166 valence electrons. The fraction of sp³-hybridized carbons (Fsp3) is 0.364. The van der Waals surface area contributed by atoms with E-state index in [-0.39, 0.29) is 23.9 Å². The third-order valence-electron chi connectivity index (χ3n) is 5.16. The molecule has 1 heterocycles. The Hall–Kier alpha value is -3.10. The molecule has 1 atom stereocenters. The number of benzene rings is 2. The first kappa shape index (κ1) is 22.6. The summed E-state index contributed by atoms with van der Waals surface area (Å²) in [6, 6.07) is 8.44. The smallest absolute Gasteiger partial charge is 0.419 e. The van der Waals surface area contributed by atoms with Gasteiger partial charge in [0.2, 0.25) is 0 Å². The van der Waals surface area contributed by atoms with E-state index in [1.54, 1.807) is 24.3 Å². The number of hydrogen-bond acceptors (Lipinski definition) is 3. The number of anilines is 1. The Morgan fingerprint density at radius 3 is 2.48 bits per heavy atom. The zero-order valence-corrected chi connectivity index (χ0v) is 17.0. The van der Waals surface area contributed by atoms with Gasteiger partial charge in [-0.05, 0) is 43.2 Å². The lowest BCUT2D eigenvalue weighted by Crippen LogP contribution is -2.52. The number of carbonyl (C=O) groups is 2. The summed E-state index contributed by atoms with van der Waals surface area (Å²) in [6.45, 7) is 3.66. The summed E-state index contributed by atoms with van der Waals surface area (Å²) in [5.41, 5.74) is -1.55. The maximum Gasteiger partial charge on any atom is 0.419 e. The lowest BCUT2D eigenvalue weighted by Gasteiger charge is -2.35. The van der Waals surface area contributed by atoms with Crippen LogP contribution in [0, 0.1) is 5.82 Å². The topological polar surface area (TPSA) is 58.6 Å². The van der Waals surface area contributed by atoms with Crippen LogP contribution in [-0.2, 0) is 11.0 Å². The van der Waals surface area contributed by atoms with Gasteiger partial charge in [0, 0.05) is 11.6 Å². The van der Waals surface area contributed by atoms with E-state index in [9.17, 15) is 27.2 Å². The van der Waals surface area contributed by atoms with Crippen LogP contribution in [0.5, 0.6) is 5.75 Å². The van der Waals surface area contributed by atoms with E-state index < -0.39 is 35.5 Å². The van der Waals surface area contributed by atoms with Gasteiger partial charge in [-0.3, -0.25) is 9.59 Å². The SMILES string of the molecule is CCC(CC)NC(=O)C1CN(C(=O)c2ccc(F)c(C(F)(F)F)c2)c2ccccc2O1. The molecule has 0 fully saturated rings. The number of para-hydroxylation sites is 2. The number of nitrogens with zero attached hydrogens (tertiary/aromatic N) is 1. The van der Waals surface area contributed by atoms with Crippen molar-refractivity contribution in [2.24, 2.45) is 0 Å². The van der Waals surface area contributed by atoms with E-state index in [0.29, 0.717) is 30.7 Å². The lowest BCUT2D eigenvalue weighted by molar-refractivity contribution is -0.140. The van der Waals surface area contributed by atoms with Gasteiger partial charge in [0.05, 0.1) is 17.8 Å². The average molecular weight is 438 g/mol. The minimum atomic E-state index is -4.94. The number of alkyl halides is 3. The van der Waals surface area contributed by atoms with Crippen LogP contribution in [0.3, 0.4) is 0 Å². The Labute approximate surface area is 177 Å². The summed E-state index contributed by atoms with van der Waals surface area (Å²) in [7, 11) is 0. The van der Waals surface area contributed by atoms with E-state index in [0.717, 1.165) is 6.07 Å². The highest BCUT2D eigenvalue weighted by Gasteiger charge is 2.37. The molecule has 31 heavy (non-hydrogen) atoms. The summed E-state index contributed by atoms with van der Waals surface area (Å²) in [4.78, 5) is 27.0. The third-order valence-corrected chi connectivity index (χ3v) is 5.16. The first-order valence-electron chi connectivity index (χ1n) is 9.90. The minimum Gasteiger partial charge on any atom is -0.477 e. The highest BCUT2D eigenvalue weighted by Crippen LogP contribution is 2.36. The van der Waals surface area contributed by atoms with E-state index in [1.165, 1.54) is 4.90 Å². The zero-order chi connectivity index (χ0) is 22.8. The largest absolute Gasteiger partial charge is 0.477 e. The predicted molar refractivity (Wildman–Crippen MR) is 106 cm³/mol. The zero-order valence-electron chi connectivity index (χ0n) is 17.0. The first-order valence-corrected chi connectivity index (χ1v) is 9.90. The second-order valence-electron chi connectivity index (χ2n) is 7.20. The summed E-state index contributed by atoms with van der Waals surface area (Å²) in [5, 5.41) is 2.85. The van der Waals surface area contributed by atoms with Gasteiger partial charge in [-0.25, -0.2) is 4.39 Å². The maximum absolute atomic E-state index is 13.6. The van der Waals surface area contributed by atoms with Crippen molar-refractivity contribution in [3.63, 3.8) is 0 Å². The van der Waals surface area contributed by atoms with Gasteiger partial charge in [-0.2, -0.15) is 13.2 Å². The molecule has 2 aromatic carbocycles. The second kappa shape index (κ2) is 8.95. The fourth-order valence-corrected chi connectivity index (χ4v) is 3.38. The van der Waals surface area contributed by atoms with Gasteiger partial charge in [-0.1, -0.05) is 26.0 Å². The Balaban J connectivity index is 1.94. The summed E-state index contributed by atoms with van der Waals surface area (Å²) in [6.07, 6.45) is -4.56. The number of halogens is 4. The van der Waals surface area contributed by atoms with Crippen molar-refractivity contribution >= 4 is 17.5 Å². The molecular weight excluding hydrogens is 416 g/mol. The number of amides is 2. The van der Waals surface area contributed by atoms with Crippen LogP contribution in [-0.4, -0.2) is 30.5 Å². The molecule has 0 aliphatic carbocycles. The van der Waals surface area contributed by atoms with Crippen molar-refractivity contribution in [1.29, 1.82) is 0 Å². The Kier molecular flexibility index (Phi) is 6.52. The van der Waals surface area contributed by atoms with Crippen molar-refractivity contribution < 1.29 is 31.9 Å². The van der Waals surface area contributed by atoms with Gasteiger partial charge in [-0.15, -0.1) is 0 Å². The molecule has 1 aliphatic heterocycles. The van der Waals surface area contributed by atoms with Crippen molar-refractivity contribution in [2.75, 3.05) is 11.4 Å². The van der Waals surface area contributed by atoms with Crippen LogP contribution in [0.1, 0.15) is 42.6 Å². The van der Waals surface area contributed by atoms with Crippen LogP contribution in [0.4, 0.5) is 23.2 Å². The second-order valence-corrected chi connectivity index (χ2v) is 7.20. The molecule has 1 N–H and O–H groups in total. The predicted octanol–water partition coefficient (Wildman–Crippen LogP) is 4.56. The molecule has 0 aromatic heterocycles. The quantitative estimate of drug-likeness (QED) is 0.697. The first-order chi connectivity index (χ1) is 14.7. The molecule has 2 aromatic rings. The summed E-state index contributed by atoms with van der Waals surface area (Å²) in [5.74, 6) is -2.42. The van der Waals surface area contributed by atoms with Gasteiger partial charge in [0.15, 0.2) is 6.10 Å². The monoisotopic (exact) mass is 438 g/mol. The molecular formula is C22H22F4N2O3. The van der Waals surface area contributed by atoms with Gasteiger partial charge < -0.3 is 15.0 Å². The molecule has 9 heteroatoms. The molecule has 1 aliphatic rings. The van der Waals surface area contributed by atoms with Crippen LogP contribution in [0.2, 0.25) is 0 Å². The molecule has 3 rings (SSSR count). The third kappa shape index (κ3) is 4.81. The molecule has 0 saturated carbocycles. The lowest BCUT2D eigenvalue weighted by atomic mass is 10.1. The van der Waals surface area contributed by atoms with Crippen LogP contribution < -0.4 is 15.0 Å². The van der Waals surface area contributed by atoms with Gasteiger partial charge in [0.1, 0.15) is 11.6 Å². The Morgan fingerprint density at radius 1 is 1.16 bits per heavy atom. The van der Waals surface area contributed by atoms with Crippen LogP contribution in [0.15, 0.2) is 42.5 Å². The number of carbonyl (C=O) groups excluding carboxylic acids is 2. The van der Waals surface area contributed by atoms with Crippen LogP contribution in [0.25, 0.3) is 0 Å². The van der Waals surface area contributed by atoms with Crippen LogP contribution >= 0.6 is 0 Å². The van der Waals surface area contributed by atoms with E-state index in [1.807, 2.05) is 13.8 Å². The normalized spacial score (nSPS) is 16.0. The molecule has 1 unspecified atom stereocenters. The van der Waals surface area contributed by atoms with E-state index in [4.69, 9.17) is 4.74 Å². The number of fused-ring (bicyclic) bond motifs is 1. The summed E-state index contributed by atoms with van der Waals surface area (Å²) < 4.78 is 58.7. The van der Waals surface area contributed by atoms with Crippen molar-refractivity contribution in [3.05, 3.63) is 59.4 Å². The molecule has 0 saturated heterocycles. The van der Waals surface area contributed by atoms with E-state index >= 15 is 0 Å². The maximum atomic E-state index is 13.6. The number of ether oxygens (including phenoxy) is 1. The van der Waals surface area contributed by atoms with Crippen molar-refractivity contribution in [2.45, 2.75) is 45.0 Å².